The van der Waals surface area contributed by atoms with Crippen molar-refractivity contribution < 1.29 is 18.4 Å². The number of unbranched alkanes of at least 4 members (excludes halogenated alkanes) is 1. The Hall–Kier alpha value is -2.55. The van der Waals surface area contributed by atoms with Gasteiger partial charge in [-0.05, 0) is 25.5 Å². The van der Waals surface area contributed by atoms with Crippen molar-refractivity contribution in [2.75, 3.05) is 6.61 Å². The highest BCUT2D eigenvalue weighted by molar-refractivity contribution is 7.99. The maximum Gasteiger partial charge on any atom is 0.277 e. The van der Waals surface area contributed by atoms with E-state index in [4.69, 9.17) is 18.4 Å². The third-order valence-corrected chi connectivity index (χ3v) is 4.99. The summed E-state index contributed by atoms with van der Waals surface area (Å²) in [4.78, 5) is 4.43. The molecule has 1 aliphatic heterocycles. The zero-order valence-corrected chi connectivity index (χ0v) is 15.9. The molecule has 0 aliphatic carbocycles. The van der Waals surface area contributed by atoms with Crippen molar-refractivity contribution in [2.45, 2.75) is 49.7 Å². The summed E-state index contributed by atoms with van der Waals surface area (Å²) in [6, 6.07) is 7.50. The van der Waals surface area contributed by atoms with Gasteiger partial charge in [0.25, 0.3) is 11.1 Å². The fourth-order valence-electron chi connectivity index (χ4n) is 2.61. The Morgan fingerprint density at radius 2 is 2.07 bits per heavy atom. The molecule has 0 fully saturated rings. The molecule has 2 aromatic heterocycles. The standard InChI is InChI=1S/C18H20N4O4S/c1-3-4-9-15-19-16(26-22-15)11(2)27-18-21-20-17(25-18)14-10-23-12-7-5-6-8-13(12)24-14/h5-8,11,14H,3-4,9-10H2,1-2H3. The molecule has 4 rings (SSSR count). The fraction of sp³-hybridized carbons (Fsp3) is 0.444. The maximum atomic E-state index is 5.89. The number of rotatable bonds is 7. The Morgan fingerprint density at radius 3 is 2.93 bits per heavy atom. The van der Waals surface area contributed by atoms with Crippen LogP contribution in [-0.2, 0) is 6.42 Å². The van der Waals surface area contributed by atoms with Gasteiger partial charge in [-0.15, -0.1) is 10.2 Å². The van der Waals surface area contributed by atoms with E-state index in [1.165, 1.54) is 11.8 Å². The first-order valence-electron chi connectivity index (χ1n) is 8.94. The molecule has 0 saturated carbocycles. The number of thioether (sulfide) groups is 1. The number of benzene rings is 1. The molecule has 142 valence electrons. The van der Waals surface area contributed by atoms with E-state index in [9.17, 15) is 0 Å². The van der Waals surface area contributed by atoms with Gasteiger partial charge in [0.2, 0.25) is 12.0 Å². The van der Waals surface area contributed by atoms with Gasteiger partial charge in [-0.3, -0.25) is 0 Å². The van der Waals surface area contributed by atoms with E-state index in [2.05, 4.69) is 27.3 Å². The average molecular weight is 388 g/mol. The lowest BCUT2D eigenvalue weighted by Gasteiger charge is -2.23. The first-order chi connectivity index (χ1) is 13.2. The van der Waals surface area contributed by atoms with Crippen LogP contribution in [-0.4, -0.2) is 26.9 Å². The minimum Gasteiger partial charge on any atom is -0.485 e. The van der Waals surface area contributed by atoms with Gasteiger partial charge in [-0.25, -0.2) is 0 Å². The van der Waals surface area contributed by atoms with E-state index in [-0.39, 0.29) is 5.25 Å². The van der Waals surface area contributed by atoms with Crippen molar-refractivity contribution >= 4 is 11.8 Å². The van der Waals surface area contributed by atoms with Gasteiger partial charge in [-0.1, -0.05) is 42.4 Å². The summed E-state index contributed by atoms with van der Waals surface area (Å²) in [7, 11) is 0. The van der Waals surface area contributed by atoms with Crippen molar-refractivity contribution in [1.82, 2.24) is 20.3 Å². The quantitative estimate of drug-likeness (QED) is 0.553. The maximum absolute atomic E-state index is 5.89. The van der Waals surface area contributed by atoms with Gasteiger partial charge >= 0.3 is 0 Å². The summed E-state index contributed by atoms with van der Waals surface area (Å²) in [5.41, 5.74) is 0. The van der Waals surface area contributed by atoms with Gasteiger partial charge in [-0.2, -0.15) is 4.98 Å². The van der Waals surface area contributed by atoms with Crippen LogP contribution >= 0.6 is 11.8 Å². The SMILES string of the molecule is CCCCc1noc(C(C)Sc2nnc(C3COc4ccccc4O3)o2)n1. The lowest BCUT2D eigenvalue weighted by molar-refractivity contribution is 0.0686. The monoisotopic (exact) mass is 388 g/mol. The van der Waals surface area contributed by atoms with Crippen LogP contribution < -0.4 is 9.47 Å². The highest BCUT2D eigenvalue weighted by Crippen LogP contribution is 2.37. The van der Waals surface area contributed by atoms with Crippen molar-refractivity contribution in [1.29, 1.82) is 0 Å². The molecule has 2 unspecified atom stereocenters. The van der Waals surface area contributed by atoms with E-state index >= 15 is 0 Å². The van der Waals surface area contributed by atoms with E-state index in [0.717, 1.165) is 25.1 Å². The summed E-state index contributed by atoms with van der Waals surface area (Å²) in [5.74, 6) is 3.05. The number of fused-ring (bicyclic) bond motifs is 1. The van der Waals surface area contributed by atoms with Crippen LogP contribution in [0.15, 0.2) is 38.4 Å². The third-order valence-electron chi connectivity index (χ3n) is 4.07. The van der Waals surface area contributed by atoms with Crippen LogP contribution in [0.2, 0.25) is 0 Å². The van der Waals surface area contributed by atoms with Crippen LogP contribution in [0, 0.1) is 0 Å². The van der Waals surface area contributed by atoms with Crippen molar-refractivity contribution in [3.63, 3.8) is 0 Å². The van der Waals surface area contributed by atoms with Crippen LogP contribution in [0.1, 0.15) is 55.6 Å². The average Bonchev–Trinajstić information content (AvgIpc) is 3.35. The molecule has 3 heterocycles. The second-order valence-electron chi connectivity index (χ2n) is 6.18. The second-order valence-corrected chi connectivity index (χ2v) is 7.47. The Morgan fingerprint density at radius 1 is 1.22 bits per heavy atom. The summed E-state index contributed by atoms with van der Waals surface area (Å²) >= 11 is 1.37. The summed E-state index contributed by atoms with van der Waals surface area (Å²) in [6.45, 7) is 4.41. The largest absolute Gasteiger partial charge is 0.485 e. The van der Waals surface area contributed by atoms with Crippen molar-refractivity contribution in [3.05, 3.63) is 41.9 Å². The number of aromatic nitrogens is 4. The first kappa shape index (κ1) is 17.8. The molecular weight excluding hydrogens is 368 g/mol. The zero-order valence-electron chi connectivity index (χ0n) is 15.1. The molecule has 9 heteroatoms. The molecular formula is C18H20N4O4S. The van der Waals surface area contributed by atoms with E-state index in [1.54, 1.807) is 0 Å². The highest BCUT2D eigenvalue weighted by atomic mass is 32.2. The third kappa shape index (κ3) is 4.08. The molecule has 2 atom stereocenters. The van der Waals surface area contributed by atoms with Crippen LogP contribution in [0.3, 0.4) is 0 Å². The minimum absolute atomic E-state index is 0.0922. The molecule has 27 heavy (non-hydrogen) atoms. The number of nitrogens with zero attached hydrogens (tertiary/aromatic N) is 4. The molecule has 8 nitrogen and oxygen atoms in total. The van der Waals surface area contributed by atoms with Crippen LogP contribution in [0.25, 0.3) is 0 Å². The second kappa shape index (κ2) is 7.99. The lowest BCUT2D eigenvalue weighted by atomic mass is 10.2. The number of hydrogen-bond acceptors (Lipinski definition) is 9. The summed E-state index contributed by atoms with van der Waals surface area (Å²) in [5, 5.41) is 12.5. The molecule has 0 saturated heterocycles. The van der Waals surface area contributed by atoms with Crippen molar-refractivity contribution in [3.8, 4) is 11.5 Å². The smallest absolute Gasteiger partial charge is 0.277 e. The number of hydrogen-bond donors (Lipinski definition) is 0. The normalized spacial score (nSPS) is 17.0. The predicted molar refractivity (Wildman–Crippen MR) is 96.8 cm³/mol. The summed E-state index contributed by atoms with van der Waals surface area (Å²) < 4.78 is 22.7. The number of ether oxygens (including phenoxy) is 2. The van der Waals surface area contributed by atoms with E-state index < -0.39 is 6.10 Å². The van der Waals surface area contributed by atoms with Gasteiger partial charge in [0, 0.05) is 6.42 Å². The Labute approximate surface area is 160 Å². The zero-order chi connectivity index (χ0) is 18.6. The Balaban J connectivity index is 1.39. The minimum atomic E-state index is -0.430. The molecule has 0 bridgehead atoms. The molecule has 0 spiro atoms. The van der Waals surface area contributed by atoms with E-state index in [1.807, 2.05) is 31.2 Å². The Bertz CT molecular complexity index is 897. The van der Waals surface area contributed by atoms with E-state index in [0.29, 0.717) is 35.1 Å². The van der Waals surface area contributed by atoms with Gasteiger partial charge < -0.3 is 18.4 Å². The summed E-state index contributed by atoms with van der Waals surface area (Å²) in [6.07, 6.45) is 2.53. The van der Waals surface area contributed by atoms with Crippen LogP contribution in [0.4, 0.5) is 0 Å². The molecule has 3 aromatic rings. The van der Waals surface area contributed by atoms with Crippen LogP contribution in [0.5, 0.6) is 11.5 Å². The molecule has 0 amide bonds. The number of aryl methyl sites for hydroxylation is 1. The fourth-order valence-corrected chi connectivity index (χ4v) is 3.33. The first-order valence-corrected chi connectivity index (χ1v) is 9.82. The van der Waals surface area contributed by atoms with Crippen molar-refractivity contribution in [2.24, 2.45) is 0 Å². The van der Waals surface area contributed by atoms with Gasteiger partial charge in [0.1, 0.15) is 6.61 Å². The molecule has 1 aliphatic rings. The molecule has 0 radical (unpaired) electrons. The molecule has 0 N–H and O–H groups in total. The van der Waals surface area contributed by atoms with Gasteiger partial charge in [0.05, 0.1) is 5.25 Å². The molecule has 1 aromatic carbocycles. The number of para-hydroxylation sites is 2. The topological polar surface area (TPSA) is 96.3 Å². The Kier molecular flexibility index (Phi) is 5.28. The highest BCUT2D eigenvalue weighted by Gasteiger charge is 2.28. The van der Waals surface area contributed by atoms with Gasteiger partial charge in [0.15, 0.2) is 17.3 Å². The predicted octanol–water partition coefficient (Wildman–Crippen LogP) is 4.16. The lowest BCUT2D eigenvalue weighted by Crippen LogP contribution is -2.21.